The number of aliphatic hydroxyl groups excluding tert-OH is 1. The van der Waals surface area contributed by atoms with Crippen molar-refractivity contribution in [3.05, 3.63) is 17.0 Å². The highest BCUT2D eigenvalue weighted by molar-refractivity contribution is 5.97. The molecule has 0 bridgehead atoms. The summed E-state index contributed by atoms with van der Waals surface area (Å²) < 4.78 is 1.91. The van der Waals surface area contributed by atoms with Crippen LogP contribution in [0.5, 0.6) is 0 Å². The Hall–Kier alpha value is -1.36. The Bertz CT molecular complexity index is 487. The van der Waals surface area contributed by atoms with Crippen LogP contribution in [-0.4, -0.2) is 45.4 Å². The highest BCUT2D eigenvalue weighted by Gasteiger charge is 2.42. The average Bonchev–Trinajstić information content (AvgIpc) is 2.60. The van der Waals surface area contributed by atoms with Gasteiger partial charge in [-0.1, -0.05) is 13.8 Å². The normalized spacial score (nSPS) is 17.4. The zero-order valence-electron chi connectivity index (χ0n) is 12.2. The molecule has 0 spiro atoms. The Kier molecular flexibility index (Phi) is 3.67. The van der Waals surface area contributed by atoms with Crippen LogP contribution in [0.3, 0.4) is 0 Å². The molecular weight excluding hydrogens is 242 g/mol. The van der Waals surface area contributed by atoms with E-state index in [0.717, 1.165) is 29.9 Å². The number of aromatic nitrogens is 2. The number of aryl methyl sites for hydroxylation is 2. The van der Waals surface area contributed by atoms with Gasteiger partial charge >= 0.3 is 0 Å². The number of hydrogen-bond acceptors (Lipinski definition) is 3. The standard InChI is InChI=1S/C14H23N3O2/c1-5-6-17-11(3)12(10(2)15-17)13(19)16-7-14(4,8-16)9-18/h18H,5-9H2,1-4H3. The van der Waals surface area contributed by atoms with Crippen molar-refractivity contribution in [2.75, 3.05) is 19.7 Å². The predicted molar refractivity (Wildman–Crippen MR) is 73.1 cm³/mol. The summed E-state index contributed by atoms with van der Waals surface area (Å²) >= 11 is 0. The van der Waals surface area contributed by atoms with Crippen molar-refractivity contribution in [1.82, 2.24) is 14.7 Å². The van der Waals surface area contributed by atoms with Crippen LogP contribution in [0.4, 0.5) is 0 Å². The van der Waals surface area contributed by atoms with Crippen molar-refractivity contribution < 1.29 is 9.90 Å². The molecule has 0 aliphatic carbocycles. The fourth-order valence-corrected chi connectivity index (χ4v) is 2.71. The summed E-state index contributed by atoms with van der Waals surface area (Å²) in [7, 11) is 0. The molecule has 1 aliphatic rings. The van der Waals surface area contributed by atoms with Crippen molar-refractivity contribution in [3.8, 4) is 0 Å². The molecule has 1 fully saturated rings. The first-order chi connectivity index (χ1) is 8.91. The van der Waals surface area contributed by atoms with E-state index in [1.54, 1.807) is 4.90 Å². The van der Waals surface area contributed by atoms with E-state index < -0.39 is 0 Å². The molecule has 0 radical (unpaired) electrons. The molecule has 0 aromatic carbocycles. The van der Waals surface area contributed by atoms with Gasteiger partial charge in [0.25, 0.3) is 5.91 Å². The van der Waals surface area contributed by atoms with Gasteiger partial charge in [-0.3, -0.25) is 9.48 Å². The molecule has 0 atom stereocenters. The van der Waals surface area contributed by atoms with Crippen molar-refractivity contribution in [2.24, 2.45) is 5.41 Å². The van der Waals surface area contributed by atoms with E-state index in [2.05, 4.69) is 12.0 Å². The fourth-order valence-electron chi connectivity index (χ4n) is 2.71. The SMILES string of the molecule is CCCn1nc(C)c(C(=O)N2CC(C)(CO)C2)c1C. The quantitative estimate of drug-likeness (QED) is 0.894. The Morgan fingerprint density at radius 1 is 1.42 bits per heavy atom. The molecule has 2 heterocycles. The zero-order valence-corrected chi connectivity index (χ0v) is 12.2. The summed E-state index contributed by atoms with van der Waals surface area (Å²) in [6.45, 7) is 10.2. The summed E-state index contributed by atoms with van der Waals surface area (Å²) in [6.07, 6.45) is 1.00. The molecule has 1 amide bonds. The van der Waals surface area contributed by atoms with E-state index in [-0.39, 0.29) is 17.9 Å². The molecule has 1 N–H and O–H groups in total. The van der Waals surface area contributed by atoms with E-state index >= 15 is 0 Å². The van der Waals surface area contributed by atoms with E-state index in [1.165, 1.54) is 0 Å². The van der Waals surface area contributed by atoms with Gasteiger partial charge in [-0.05, 0) is 20.3 Å². The maximum atomic E-state index is 12.5. The molecule has 1 aliphatic heterocycles. The summed E-state index contributed by atoms with van der Waals surface area (Å²) in [5.74, 6) is 0.0447. The third-order valence-electron chi connectivity index (χ3n) is 3.84. The largest absolute Gasteiger partial charge is 0.396 e. The smallest absolute Gasteiger partial charge is 0.257 e. The van der Waals surface area contributed by atoms with Crippen LogP contribution in [-0.2, 0) is 6.54 Å². The van der Waals surface area contributed by atoms with Crippen LogP contribution in [0.15, 0.2) is 0 Å². The average molecular weight is 265 g/mol. The minimum Gasteiger partial charge on any atom is -0.396 e. The Labute approximate surface area is 114 Å². The van der Waals surface area contributed by atoms with E-state index in [4.69, 9.17) is 0 Å². The number of nitrogens with zero attached hydrogens (tertiary/aromatic N) is 3. The van der Waals surface area contributed by atoms with Gasteiger partial charge in [0.05, 0.1) is 17.9 Å². The molecule has 0 saturated carbocycles. The lowest BCUT2D eigenvalue weighted by molar-refractivity contribution is -0.0154. The van der Waals surface area contributed by atoms with Gasteiger partial charge in [0, 0.05) is 30.7 Å². The number of likely N-dealkylation sites (tertiary alicyclic amines) is 1. The third-order valence-corrected chi connectivity index (χ3v) is 3.84. The van der Waals surface area contributed by atoms with E-state index in [9.17, 15) is 9.90 Å². The van der Waals surface area contributed by atoms with Crippen LogP contribution in [0.25, 0.3) is 0 Å². The number of hydrogen-bond donors (Lipinski definition) is 1. The minimum atomic E-state index is -0.128. The van der Waals surface area contributed by atoms with Gasteiger partial charge in [0.1, 0.15) is 0 Å². The minimum absolute atomic E-state index is 0.0447. The van der Waals surface area contributed by atoms with Gasteiger partial charge in [-0.15, -0.1) is 0 Å². The molecule has 1 aromatic rings. The number of rotatable bonds is 4. The fraction of sp³-hybridized carbons (Fsp3) is 0.714. The van der Waals surface area contributed by atoms with Gasteiger partial charge < -0.3 is 10.0 Å². The van der Waals surface area contributed by atoms with Crippen molar-refractivity contribution in [3.63, 3.8) is 0 Å². The van der Waals surface area contributed by atoms with Gasteiger partial charge in [-0.25, -0.2) is 0 Å². The highest BCUT2D eigenvalue weighted by Crippen LogP contribution is 2.31. The Balaban J connectivity index is 2.17. The molecule has 0 unspecified atom stereocenters. The second-order valence-electron chi connectivity index (χ2n) is 5.90. The first-order valence-corrected chi connectivity index (χ1v) is 6.86. The lowest BCUT2D eigenvalue weighted by atomic mass is 9.82. The third kappa shape index (κ3) is 2.39. The molecule has 1 saturated heterocycles. The number of carbonyl (C=O) groups excluding carboxylic acids is 1. The Morgan fingerprint density at radius 3 is 2.58 bits per heavy atom. The molecule has 19 heavy (non-hydrogen) atoms. The van der Waals surface area contributed by atoms with Crippen LogP contribution in [0.1, 0.15) is 42.0 Å². The predicted octanol–water partition coefficient (Wildman–Crippen LogP) is 1.36. The zero-order chi connectivity index (χ0) is 14.2. The summed E-state index contributed by atoms with van der Waals surface area (Å²) in [4.78, 5) is 14.3. The number of amides is 1. The summed E-state index contributed by atoms with van der Waals surface area (Å²) in [5, 5.41) is 13.7. The first-order valence-electron chi connectivity index (χ1n) is 6.86. The molecule has 1 aromatic heterocycles. The summed E-state index contributed by atoms with van der Waals surface area (Å²) in [5.41, 5.74) is 2.35. The maximum absolute atomic E-state index is 12.5. The lowest BCUT2D eigenvalue weighted by Crippen LogP contribution is -2.58. The van der Waals surface area contributed by atoms with Crippen LogP contribution in [0.2, 0.25) is 0 Å². The maximum Gasteiger partial charge on any atom is 0.257 e. The van der Waals surface area contributed by atoms with Crippen molar-refractivity contribution in [1.29, 1.82) is 0 Å². The Morgan fingerprint density at radius 2 is 2.05 bits per heavy atom. The van der Waals surface area contributed by atoms with E-state index in [1.807, 2.05) is 25.5 Å². The van der Waals surface area contributed by atoms with E-state index in [0.29, 0.717) is 13.1 Å². The van der Waals surface area contributed by atoms with Crippen LogP contribution in [0, 0.1) is 19.3 Å². The molecule has 5 heteroatoms. The number of carbonyl (C=O) groups is 1. The summed E-state index contributed by atoms with van der Waals surface area (Å²) in [6, 6.07) is 0. The second-order valence-corrected chi connectivity index (χ2v) is 5.90. The lowest BCUT2D eigenvalue weighted by Gasteiger charge is -2.47. The van der Waals surface area contributed by atoms with Crippen LogP contribution >= 0.6 is 0 Å². The van der Waals surface area contributed by atoms with Gasteiger partial charge in [-0.2, -0.15) is 5.10 Å². The van der Waals surface area contributed by atoms with Gasteiger partial charge in [0.2, 0.25) is 0 Å². The molecule has 5 nitrogen and oxygen atoms in total. The van der Waals surface area contributed by atoms with Gasteiger partial charge in [0.15, 0.2) is 0 Å². The molecule has 2 rings (SSSR count). The first kappa shape index (κ1) is 14.1. The van der Waals surface area contributed by atoms with Crippen molar-refractivity contribution in [2.45, 2.75) is 40.7 Å². The highest BCUT2D eigenvalue weighted by atomic mass is 16.3. The number of aliphatic hydroxyl groups is 1. The second kappa shape index (κ2) is 4.96. The van der Waals surface area contributed by atoms with Crippen LogP contribution < -0.4 is 0 Å². The molecular formula is C14H23N3O2. The molecule has 106 valence electrons. The monoisotopic (exact) mass is 265 g/mol. The topological polar surface area (TPSA) is 58.4 Å². The van der Waals surface area contributed by atoms with Crippen molar-refractivity contribution >= 4 is 5.91 Å².